The van der Waals surface area contributed by atoms with E-state index in [0.717, 1.165) is 28.4 Å². The van der Waals surface area contributed by atoms with Crippen LogP contribution in [0.3, 0.4) is 0 Å². The van der Waals surface area contributed by atoms with Gasteiger partial charge in [0.25, 0.3) is 0 Å². The lowest BCUT2D eigenvalue weighted by molar-refractivity contribution is -0.131. The summed E-state index contributed by atoms with van der Waals surface area (Å²) in [6.45, 7) is 1.34. The Balaban J connectivity index is 1.36. The van der Waals surface area contributed by atoms with Gasteiger partial charge in [0, 0.05) is 29.0 Å². The third kappa shape index (κ3) is 4.14. The van der Waals surface area contributed by atoms with Crippen LogP contribution >= 0.6 is 15.9 Å². The summed E-state index contributed by atoms with van der Waals surface area (Å²) in [7, 11) is 0. The summed E-state index contributed by atoms with van der Waals surface area (Å²) in [5, 5.41) is 4.02. The molecule has 1 aromatic heterocycles. The Kier molecular flexibility index (Phi) is 5.52. The molecule has 0 bridgehead atoms. The fourth-order valence-electron chi connectivity index (χ4n) is 3.41. The van der Waals surface area contributed by atoms with E-state index in [1.807, 2.05) is 29.2 Å². The normalized spacial score (nSPS) is 15.0. The summed E-state index contributed by atoms with van der Waals surface area (Å²) in [6.07, 6.45) is 1.96. The number of likely N-dealkylation sites (tertiary alicyclic amines) is 1. The fraction of sp³-hybridized carbons (Fsp3) is 0.286. The molecular weight excluding hydrogens is 425 g/mol. The van der Waals surface area contributed by atoms with Crippen molar-refractivity contribution in [2.24, 2.45) is 0 Å². The van der Waals surface area contributed by atoms with Crippen LogP contribution in [0.1, 0.15) is 30.2 Å². The maximum absolute atomic E-state index is 13.1. The Morgan fingerprint density at radius 3 is 2.57 bits per heavy atom. The molecular formula is C21H19BrFN3O2. The van der Waals surface area contributed by atoms with Crippen molar-refractivity contribution in [1.29, 1.82) is 0 Å². The number of rotatable bonds is 4. The van der Waals surface area contributed by atoms with Gasteiger partial charge in [-0.05, 0) is 48.7 Å². The van der Waals surface area contributed by atoms with Crippen molar-refractivity contribution in [1.82, 2.24) is 15.0 Å². The number of nitrogens with zero attached hydrogens (tertiary/aromatic N) is 3. The predicted molar refractivity (Wildman–Crippen MR) is 106 cm³/mol. The zero-order chi connectivity index (χ0) is 19.5. The van der Waals surface area contributed by atoms with E-state index in [2.05, 4.69) is 26.1 Å². The zero-order valence-corrected chi connectivity index (χ0v) is 16.7. The first-order valence-corrected chi connectivity index (χ1v) is 10.00. The largest absolute Gasteiger partial charge is 0.342 e. The van der Waals surface area contributed by atoms with Crippen LogP contribution in [0.4, 0.5) is 4.39 Å². The monoisotopic (exact) mass is 443 g/mol. The fourth-order valence-corrected chi connectivity index (χ4v) is 3.83. The Bertz CT molecular complexity index is 966. The third-order valence-electron chi connectivity index (χ3n) is 5.04. The summed E-state index contributed by atoms with van der Waals surface area (Å²) in [5.74, 6) is 1.00. The molecule has 0 radical (unpaired) electrons. The maximum atomic E-state index is 13.1. The van der Waals surface area contributed by atoms with Gasteiger partial charge >= 0.3 is 0 Å². The second-order valence-electron chi connectivity index (χ2n) is 6.89. The van der Waals surface area contributed by atoms with E-state index in [-0.39, 0.29) is 17.6 Å². The van der Waals surface area contributed by atoms with Gasteiger partial charge in [0.2, 0.25) is 17.6 Å². The molecule has 0 N–H and O–H groups in total. The number of piperidine rings is 1. The van der Waals surface area contributed by atoms with E-state index in [1.165, 1.54) is 12.1 Å². The Hall–Kier alpha value is -2.54. The van der Waals surface area contributed by atoms with Gasteiger partial charge in [-0.1, -0.05) is 39.3 Å². The minimum Gasteiger partial charge on any atom is -0.342 e. The number of carbonyl (C=O) groups excluding carboxylic acids is 1. The molecule has 2 heterocycles. The molecule has 1 aliphatic rings. The van der Waals surface area contributed by atoms with E-state index < -0.39 is 0 Å². The lowest BCUT2D eigenvalue weighted by Gasteiger charge is -2.30. The topological polar surface area (TPSA) is 59.2 Å². The summed E-state index contributed by atoms with van der Waals surface area (Å²) in [4.78, 5) is 19.0. The molecule has 3 aromatic rings. The van der Waals surface area contributed by atoms with Crippen LogP contribution in [0, 0.1) is 5.82 Å². The first-order chi connectivity index (χ1) is 13.6. The Morgan fingerprint density at radius 1 is 1.14 bits per heavy atom. The number of hydrogen-bond donors (Lipinski definition) is 0. The molecule has 1 aliphatic heterocycles. The molecule has 1 fully saturated rings. The van der Waals surface area contributed by atoms with Gasteiger partial charge in [-0.25, -0.2) is 4.39 Å². The van der Waals surface area contributed by atoms with Crippen LogP contribution in [0.5, 0.6) is 0 Å². The smallest absolute Gasteiger partial charge is 0.230 e. The highest BCUT2D eigenvalue weighted by Gasteiger charge is 2.27. The molecule has 0 spiro atoms. The number of halogens is 2. The van der Waals surface area contributed by atoms with Crippen LogP contribution in [0.15, 0.2) is 57.5 Å². The van der Waals surface area contributed by atoms with Crippen LogP contribution in [0.2, 0.25) is 0 Å². The lowest BCUT2D eigenvalue weighted by Crippen LogP contribution is -2.38. The van der Waals surface area contributed by atoms with Gasteiger partial charge in [-0.3, -0.25) is 4.79 Å². The molecule has 4 rings (SSSR count). The number of aromatic nitrogens is 2. The summed E-state index contributed by atoms with van der Waals surface area (Å²) < 4.78 is 19.4. The average molecular weight is 444 g/mol. The maximum Gasteiger partial charge on any atom is 0.230 e. The van der Waals surface area contributed by atoms with E-state index in [0.29, 0.717) is 31.2 Å². The second-order valence-corrected chi connectivity index (χ2v) is 7.74. The average Bonchev–Trinajstić information content (AvgIpc) is 3.20. The van der Waals surface area contributed by atoms with Gasteiger partial charge in [0.1, 0.15) is 5.82 Å². The van der Waals surface area contributed by atoms with Crippen molar-refractivity contribution in [2.75, 3.05) is 13.1 Å². The van der Waals surface area contributed by atoms with Crippen molar-refractivity contribution in [2.45, 2.75) is 25.2 Å². The highest BCUT2D eigenvalue weighted by Crippen LogP contribution is 2.29. The van der Waals surface area contributed by atoms with Crippen LogP contribution in [0.25, 0.3) is 11.4 Å². The highest BCUT2D eigenvalue weighted by molar-refractivity contribution is 9.10. The number of hydrogen-bond acceptors (Lipinski definition) is 4. The third-order valence-corrected chi connectivity index (χ3v) is 5.81. The van der Waals surface area contributed by atoms with Crippen LogP contribution < -0.4 is 0 Å². The summed E-state index contributed by atoms with van der Waals surface area (Å²) in [5.41, 5.74) is 1.72. The molecule has 0 atom stereocenters. The molecule has 7 heteroatoms. The molecule has 1 amide bonds. The second kappa shape index (κ2) is 8.22. The summed E-state index contributed by atoms with van der Waals surface area (Å²) in [6, 6.07) is 13.8. The molecule has 1 saturated heterocycles. The predicted octanol–water partition coefficient (Wildman–Crippen LogP) is 4.59. The molecule has 2 aromatic carbocycles. The molecule has 28 heavy (non-hydrogen) atoms. The SMILES string of the molecule is O=C(Cc1ccccc1Br)N1CCC(c2nc(-c3ccc(F)cc3)no2)CC1. The van der Waals surface area contributed by atoms with Crippen molar-refractivity contribution in [3.05, 3.63) is 70.3 Å². The molecule has 5 nitrogen and oxygen atoms in total. The summed E-state index contributed by atoms with van der Waals surface area (Å²) >= 11 is 3.50. The van der Waals surface area contributed by atoms with E-state index in [4.69, 9.17) is 4.52 Å². The van der Waals surface area contributed by atoms with Crippen molar-refractivity contribution in [3.8, 4) is 11.4 Å². The van der Waals surface area contributed by atoms with E-state index in [9.17, 15) is 9.18 Å². The first kappa shape index (κ1) is 18.8. The highest BCUT2D eigenvalue weighted by atomic mass is 79.9. The van der Waals surface area contributed by atoms with Gasteiger partial charge < -0.3 is 9.42 Å². The molecule has 144 valence electrons. The van der Waals surface area contributed by atoms with Crippen molar-refractivity contribution in [3.63, 3.8) is 0 Å². The van der Waals surface area contributed by atoms with Crippen LogP contribution in [-0.4, -0.2) is 34.0 Å². The number of benzene rings is 2. The molecule has 0 saturated carbocycles. The minimum atomic E-state index is -0.299. The Labute approximate surface area is 170 Å². The van der Waals surface area contributed by atoms with Gasteiger partial charge in [0.05, 0.1) is 6.42 Å². The van der Waals surface area contributed by atoms with Gasteiger partial charge in [-0.2, -0.15) is 4.98 Å². The van der Waals surface area contributed by atoms with Gasteiger partial charge in [-0.15, -0.1) is 0 Å². The Morgan fingerprint density at radius 2 is 1.86 bits per heavy atom. The molecule has 0 aliphatic carbocycles. The van der Waals surface area contributed by atoms with Crippen LogP contribution in [-0.2, 0) is 11.2 Å². The quantitative estimate of drug-likeness (QED) is 0.591. The van der Waals surface area contributed by atoms with E-state index in [1.54, 1.807) is 12.1 Å². The van der Waals surface area contributed by atoms with Crippen molar-refractivity contribution >= 4 is 21.8 Å². The van der Waals surface area contributed by atoms with Gasteiger partial charge in [0.15, 0.2) is 0 Å². The zero-order valence-electron chi connectivity index (χ0n) is 15.1. The lowest BCUT2D eigenvalue weighted by atomic mass is 9.96. The first-order valence-electron chi connectivity index (χ1n) is 9.21. The van der Waals surface area contributed by atoms with Crippen molar-refractivity contribution < 1.29 is 13.7 Å². The number of carbonyl (C=O) groups is 1. The van der Waals surface area contributed by atoms with E-state index >= 15 is 0 Å². The minimum absolute atomic E-state index is 0.128. The number of amides is 1. The standard InChI is InChI=1S/C21H19BrFN3O2/c22-18-4-2-1-3-16(18)13-19(27)26-11-9-15(10-12-26)21-24-20(25-28-21)14-5-7-17(23)8-6-14/h1-8,15H,9-13H2. The molecule has 0 unspecified atom stereocenters.